The van der Waals surface area contributed by atoms with Crippen LogP contribution >= 0.6 is 12.4 Å². The van der Waals surface area contributed by atoms with Crippen LogP contribution in [0.25, 0.3) is 0 Å². The number of nitrogens with one attached hydrogen (secondary N) is 1. The maximum atomic E-state index is 11.8. The van der Waals surface area contributed by atoms with Gasteiger partial charge in [0.05, 0.1) is 0 Å². The number of halogens is 1. The van der Waals surface area contributed by atoms with E-state index in [9.17, 15) is 9.59 Å². The Morgan fingerprint density at radius 2 is 1.84 bits per heavy atom. The van der Waals surface area contributed by atoms with Gasteiger partial charge in [-0.1, -0.05) is 20.8 Å². The highest BCUT2D eigenvalue weighted by atomic mass is 35.5. The molecule has 0 aliphatic rings. The highest BCUT2D eigenvalue weighted by molar-refractivity contribution is 5.85. The average Bonchev–Trinajstić information content (AvgIpc) is 2.32. The summed E-state index contributed by atoms with van der Waals surface area (Å²) in [7, 11) is 1.75. The predicted octanol–water partition coefficient (Wildman–Crippen LogP) is 1.16. The molecular weight excluding hydrogens is 266 g/mol. The molecule has 0 fully saturated rings. The topological polar surface area (TPSA) is 75.4 Å². The van der Waals surface area contributed by atoms with Gasteiger partial charge in [-0.3, -0.25) is 9.59 Å². The van der Waals surface area contributed by atoms with Crippen LogP contribution in [0.4, 0.5) is 0 Å². The molecule has 0 saturated carbocycles. The van der Waals surface area contributed by atoms with Crippen molar-refractivity contribution in [3.8, 4) is 0 Å². The molecule has 0 radical (unpaired) electrons. The van der Waals surface area contributed by atoms with Crippen LogP contribution in [0.15, 0.2) is 0 Å². The summed E-state index contributed by atoms with van der Waals surface area (Å²) in [6.45, 7) is 7.84. The van der Waals surface area contributed by atoms with Gasteiger partial charge in [-0.05, 0) is 18.4 Å². The molecule has 6 heteroatoms. The molecular formula is C13H28ClN3O2. The van der Waals surface area contributed by atoms with Crippen molar-refractivity contribution in [2.24, 2.45) is 11.1 Å². The lowest BCUT2D eigenvalue weighted by atomic mass is 9.93. The van der Waals surface area contributed by atoms with Crippen molar-refractivity contribution >= 4 is 24.2 Å². The number of carbonyl (C=O) groups excluding carboxylic acids is 2. The molecule has 0 bridgehead atoms. The van der Waals surface area contributed by atoms with Gasteiger partial charge in [0.25, 0.3) is 0 Å². The zero-order chi connectivity index (χ0) is 14.2. The van der Waals surface area contributed by atoms with Crippen molar-refractivity contribution in [2.75, 3.05) is 26.7 Å². The van der Waals surface area contributed by atoms with Gasteiger partial charge in [-0.15, -0.1) is 12.4 Å². The SMILES string of the molecule is CCCNC(=O)CCC(=O)N(C)CC(C)(C)CN.Cl. The van der Waals surface area contributed by atoms with Crippen LogP contribution in [0.3, 0.4) is 0 Å². The highest BCUT2D eigenvalue weighted by Gasteiger charge is 2.21. The van der Waals surface area contributed by atoms with Gasteiger partial charge in [0.2, 0.25) is 11.8 Å². The fraction of sp³-hybridized carbons (Fsp3) is 0.846. The first kappa shape index (κ1) is 20.5. The Morgan fingerprint density at radius 3 is 2.32 bits per heavy atom. The molecule has 0 unspecified atom stereocenters. The normalized spacial score (nSPS) is 10.6. The fourth-order valence-electron chi connectivity index (χ4n) is 1.56. The minimum Gasteiger partial charge on any atom is -0.356 e. The largest absolute Gasteiger partial charge is 0.356 e. The number of carbonyl (C=O) groups is 2. The van der Waals surface area contributed by atoms with Crippen molar-refractivity contribution in [1.82, 2.24) is 10.2 Å². The maximum Gasteiger partial charge on any atom is 0.222 e. The van der Waals surface area contributed by atoms with Crippen molar-refractivity contribution in [2.45, 2.75) is 40.0 Å². The Labute approximate surface area is 122 Å². The molecule has 0 aliphatic heterocycles. The first-order valence-electron chi connectivity index (χ1n) is 6.53. The van der Waals surface area contributed by atoms with Crippen molar-refractivity contribution in [3.63, 3.8) is 0 Å². The average molecular weight is 294 g/mol. The van der Waals surface area contributed by atoms with Gasteiger partial charge < -0.3 is 16.0 Å². The van der Waals surface area contributed by atoms with Crippen LogP contribution in [-0.4, -0.2) is 43.4 Å². The Balaban J connectivity index is 0. The first-order valence-corrected chi connectivity index (χ1v) is 6.53. The fourth-order valence-corrected chi connectivity index (χ4v) is 1.56. The summed E-state index contributed by atoms with van der Waals surface area (Å²) in [5.41, 5.74) is 5.54. The van der Waals surface area contributed by atoms with Crippen LogP contribution in [-0.2, 0) is 9.59 Å². The lowest BCUT2D eigenvalue weighted by molar-refractivity contribution is -0.133. The van der Waals surface area contributed by atoms with E-state index in [1.165, 1.54) is 0 Å². The summed E-state index contributed by atoms with van der Waals surface area (Å²) in [6.07, 6.45) is 1.42. The third-order valence-electron chi connectivity index (χ3n) is 2.78. The molecule has 5 nitrogen and oxygen atoms in total. The van der Waals surface area contributed by atoms with Gasteiger partial charge in [0.15, 0.2) is 0 Å². The van der Waals surface area contributed by atoms with E-state index in [-0.39, 0.29) is 42.5 Å². The van der Waals surface area contributed by atoms with Crippen LogP contribution in [0.5, 0.6) is 0 Å². The summed E-state index contributed by atoms with van der Waals surface area (Å²) in [4.78, 5) is 24.8. The van der Waals surface area contributed by atoms with E-state index in [4.69, 9.17) is 5.73 Å². The number of nitrogens with two attached hydrogens (primary N) is 1. The third-order valence-corrected chi connectivity index (χ3v) is 2.78. The van der Waals surface area contributed by atoms with E-state index in [0.29, 0.717) is 19.6 Å². The first-order chi connectivity index (χ1) is 8.32. The van der Waals surface area contributed by atoms with E-state index in [2.05, 4.69) is 5.32 Å². The molecule has 19 heavy (non-hydrogen) atoms. The van der Waals surface area contributed by atoms with Crippen molar-refractivity contribution in [3.05, 3.63) is 0 Å². The molecule has 0 aromatic carbocycles. The van der Waals surface area contributed by atoms with Gasteiger partial charge in [-0.2, -0.15) is 0 Å². The number of nitrogens with zero attached hydrogens (tertiary/aromatic N) is 1. The molecule has 2 amide bonds. The lowest BCUT2D eigenvalue weighted by Gasteiger charge is -2.29. The summed E-state index contributed by atoms with van der Waals surface area (Å²) in [6, 6.07) is 0. The number of hydrogen-bond acceptors (Lipinski definition) is 3. The zero-order valence-corrected chi connectivity index (χ0v) is 13.3. The third kappa shape index (κ3) is 9.73. The van der Waals surface area contributed by atoms with E-state index in [0.717, 1.165) is 6.42 Å². The second-order valence-electron chi connectivity index (χ2n) is 5.47. The van der Waals surface area contributed by atoms with Crippen molar-refractivity contribution in [1.29, 1.82) is 0 Å². The van der Waals surface area contributed by atoms with E-state index in [1.807, 2.05) is 20.8 Å². The molecule has 0 heterocycles. The summed E-state index contributed by atoms with van der Waals surface area (Å²) < 4.78 is 0. The molecule has 0 aliphatic carbocycles. The van der Waals surface area contributed by atoms with Gasteiger partial charge in [-0.25, -0.2) is 0 Å². The highest BCUT2D eigenvalue weighted by Crippen LogP contribution is 2.14. The molecule has 0 aromatic heterocycles. The number of amides is 2. The second kappa shape index (κ2) is 10.0. The van der Waals surface area contributed by atoms with Crippen LogP contribution in [0.1, 0.15) is 40.0 Å². The number of hydrogen-bond donors (Lipinski definition) is 2. The molecule has 3 N–H and O–H groups in total. The summed E-state index contributed by atoms with van der Waals surface area (Å²) >= 11 is 0. The predicted molar refractivity (Wildman–Crippen MR) is 80.3 cm³/mol. The summed E-state index contributed by atoms with van der Waals surface area (Å²) in [5.74, 6) is -0.0696. The zero-order valence-electron chi connectivity index (χ0n) is 12.5. The van der Waals surface area contributed by atoms with Crippen molar-refractivity contribution < 1.29 is 9.59 Å². The number of rotatable bonds is 8. The van der Waals surface area contributed by atoms with E-state index < -0.39 is 0 Å². The monoisotopic (exact) mass is 293 g/mol. The Hall–Kier alpha value is -0.810. The van der Waals surface area contributed by atoms with Gasteiger partial charge >= 0.3 is 0 Å². The second-order valence-corrected chi connectivity index (χ2v) is 5.47. The maximum absolute atomic E-state index is 11.8. The molecule has 0 aromatic rings. The Kier molecular flexibility index (Phi) is 10.8. The molecule has 0 saturated heterocycles. The molecule has 0 spiro atoms. The molecule has 0 rings (SSSR count). The summed E-state index contributed by atoms with van der Waals surface area (Å²) in [5, 5.41) is 2.76. The standard InChI is InChI=1S/C13H27N3O2.ClH/c1-5-8-15-11(17)6-7-12(18)16(4)10-13(2,3)9-14;/h5-10,14H2,1-4H3,(H,15,17);1H. The minimum atomic E-state index is -0.0884. The lowest BCUT2D eigenvalue weighted by Crippen LogP contribution is -2.40. The molecule has 0 atom stereocenters. The van der Waals surface area contributed by atoms with E-state index in [1.54, 1.807) is 11.9 Å². The quantitative estimate of drug-likeness (QED) is 0.705. The van der Waals surface area contributed by atoms with Gasteiger partial charge in [0.1, 0.15) is 0 Å². The Bertz CT molecular complexity index is 283. The van der Waals surface area contributed by atoms with Crippen LogP contribution in [0, 0.1) is 5.41 Å². The Morgan fingerprint density at radius 1 is 1.26 bits per heavy atom. The van der Waals surface area contributed by atoms with Gasteiger partial charge in [0, 0.05) is 33.0 Å². The van der Waals surface area contributed by atoms with Crippen LogP contribution < -0.4 is 11.1 Å². The minimum absolute atomic E-state index is 0. The smallest absolute Gasteiger partial charge is 0.222 e. The van der Waals surface area contributed by atoms with Crippen LogP contribution in [0.2, 0.25) is 0 Å². The molecule has 114 valence electrons. The van der Waals surface area contributed by atoms with E-state index >= 15 is 0 Å².